The third-order valence-electron chi connectivity index (χ3n) is 4.39. The predicted molar refractivity (Wildman–Crippen MR) is 96.5 cm³/mol. The number of rotatable bonds is 5. The highest BCUT2D eigenvalue weighted by atomic mass is 19.1. The van der Waals surface area contributed by atoms with Crippen molar-refractivity contribution < 1.29 is 28.2 Å². The molecule has 2 aromatic rings. The van der Waals surface area contributed by atoms with E-state index < -0.39 is 30.3 Å². The Balaban J connectivity index is 1.59. The Bertz CT molecular complexity index is 800. The Hall–Kier alpha value is -2.73. The van der Waals surface area contributed by atoms with Crippen LogP contribution < -0.4 is 0 Å². The molecule has 0 N–H and O–H groups in total. The minimum Gasteiger partial charge on any atom is -0.459 e. The summed E-state index contributed by atoms with van der Waals surface area (Å²) in [5.41, 5.74) is 2.74. The third kappa shape index (κ3) is 4.71. The Kier molecular flexibility index (Phi) is 5.86. The maximum Gasteiger partial charge on any atom is 0.338 e. The molecule has 5 nitrogen and oxygen atoms in total. The lowest BCUT2D eigenvalue weighted by Gasteiger charge is -2.20. The van der Waals surface area contributed by atoms with Gasteiger partial charge in [-0.05, 0) is 38.1 Å². The van der Waals surface area contributed by atoms with Crippen molar-refractivity contribution in [2.24, 2.45) is 0 Å². The van der Waals surface area contributed by atoms with Crippen LogP contribution in [0, 0.1) is 13.8 Å². The lowest BCUT2D eigenvalue weighted by molar-refractivity contribution is -0.0326. The van der Waals surface area contributed by atoms with Gasteiger partial charge < -0.3 is 14.2 Å². The standard InChI is InChI=1S/C21H21FO5/c1-13-3-7-15(8-4-13)20(23)26-12-18-19(17(22)11-25-18)27-21(24)16-9-5-14(2)6-10-16/h3-10,17-19H,11-12H2,1-2H3/t17-,18-,19+/m1/s1. The molecule has 0 unspecified atom stereocenters. The lowest BCUT2D eigenvalue weighted by Crippen LogP contribution is -2.36. The van der Waals surface area contributed by atoms with Gasteiger partial charge in [-0.2, -0.15) is 0 Å². The number of hydrogen-bond acceptors (Lipinski definition) is 5. The van der Waals surface area contributed by atoms with E-state index >= 15 is 0 Å². The molecule has 0 bridgehead atoms. The van der Waals surface area contributed by atoms with Crippen LogP contribution in [-0.4, -0.2) is 43.5 Å². The minimum atomic E-state index is -1.47. The number of ether oxygens (including phenoxy) is 3. The minimum absolute atomic E-state index is 0.195. The summed E-state index contributed by atoms with van der Waals surface area (Å²) >= 11 is 0. The van der Waals surface area contributed by atoms with Gasteiger partial charge in [0, 0.05) is 0 Å². The summed E-state index contributed by atoms with van der Waals surface area (Å²) in [6.07, 6.45) is -3.43. The molecular weight excluding hydrogens is 351 g/mol. The highest BCUT2D eigenvalue weighted by Crippen LogP contribution is 2.23. The fraction of sp³-hybridized carbons (Fsp3) is 0.333. The molecule has 0 aliphatic carbocycles. The van der Waals surface area contributed by atoms with E-state index in [1.807, 2.05) is 13.8 Å². The van der Waals surface area contributed by atoms with Gasteiger partial charge in [0.1, 0.15) is 12.7 Å². The zero-order valence-corrected chi connectivity index (χ0v) is 15.2. The van der Waals surface area contributed by atoms with Gasteiger partial charge in [0.15, 0.2) is 12.3 Å². The van der Waals surface area contributed by atoms with Crippen LogP contribution in [0.25, 0.3) is 0 Å². The van der Waals surface area contributed by atoms with E-state index in [4.69, 9.17) is 14.2 Å². The quantitative estimate of drug-likeness (QED) is 0.753. The summed E-state index contributed by atoms with van der Waals surface area (Å²) < 4.78 is 29.9. The molecule has 0 aromatic heterocycles. The molecule has 3 atom stereocenters. The van der Waals surface area contributed by atoms with E-state index in [0.717, 1.165) is 11.1 Å². The van der Waals surface area contributed by atoms with Crippen molar-refractivity contribution in [3.63, 3.8) is 0 Å². The van der Waals surface area contributed by atoms with Gasteiger partial charge in [0.05, 0.1) is 17.7 Å². The van der Waals surface area contributed by atoms with Crippen LogP contribution in [0.2, 0.25) is 0 Å². The normalized spacial score (nSPS) is 21.7. The highest BCUT2D eigenvalue weighted by molar-refractivity contribution is 5.90. The molecule has 1 aliphatic rings. The number of aryl methyl sites for hydroxylation is 2. The predicted octanol–water partition coefficient (Wildman–Crippen LogP) is 3.42. The summed E-state index contributed by atoms with van der Waals surface area (Å²) in [7, 11) is 0. The topological polar surface area (TPSA) is 61.8 Å². The van der Waals surface area contributed by atoms with E-state index in [1.165, 1.54) is 0 Å². The second-order valence-electron chi connectivity index (χ2n) is 6.59. The maximum absolute atomic E-state index is 14.1. The first kappa shape index (κ1) is 19.0. The van der Waals surface area contributed by atoms with Gasteiger partial charge in [-0.1, -0.05) is 35.4 Å². The molecule has 0 amide bonds. The van der Waals surface area contributed by atoms with E-state index in [1.54, 1.807) is 48.5 Å². The molecule has 142 valence electrons. The average molecular weight is 372 g/mol. The van der Waals surface area contributed by atoms with E-state index in [9.17, 15) is 14.0 Å². The molecule has 1 fully saturated rings. The first-order valence-corrected chi connectivity index (χ1v) is 8.71. The molecular formula is C21H21FO5. The van der Waals surface area contributed by atoms with Crippen molar-refractivity contribution in [2.45, 2.75) is 32.2 Å². The molecule has 1 heterocycles. The van der Waals surface area contributed by atoms with Crippen molar-refractivity contribution in [2.75, 3.05) is 13.2 Å². The Morgan fingerprint density at radius 2 is 1.48 bits per heavy atom. The number of hydrogen-bond donors (Lipinski definition) is 0. The number of esters is 2. The average Bonchev–Trinajstić information content (AvgIpc) is 3.00. The van der Waals surface area contributed by atoms with Gasteiger partial charge in [-0.25, -0.2) is 14.0 Å². The zero-order chi connectivity index (χ0) is 19.4. The first-order valence-electron chi connectivity index (χ1n) is 8.71. The third-order valence-corrected chi connectivity index (χ3v) is 4.39. The Morgan fingerprint density at radius 3 is 2.04 bits per heavy atom. The largest absolute Gasteiger partial charge is 0.459 e. The van der Waals surface area contributed by atoms with E-state index in [2.05, 4.69) is 0 Å². The molecule has 1 aliphatic heterocycles. The summed E-state index contributed by atoms with van der Waals surface area (Å²) in [6, 6.07) is 13.7. The van der Waals surface area contributed by atoms with Gasteiger partial charge in [0.2, 0.25) is 0 Å². The lowest BCUT2D eigenvalue weighted by atomic mass is 10.1. The molecule has 6 heteroatoms. The van der Waals surface area contributed by atoms with Crippen LogP contribution >= 0.6 is 0 Å². The summed E-state index contributed by atoms with van der Waals surface area (Å²) in [6.45, 7) is 3.41. The van der Waals surface area contributed by atoms with Crippen LogP contribution in [0.4, 0.5) is 4.39 Å². The molecule has 2 aromatic carbocycles. The number of alkyl halides is 1. The molecule has 1 saturated heterocycles. The second kappa shape index (κ2) is 8.31. The monoisotopic (exact) mass is 372 g/mol. The van der Waals surface area contributed by atoms with Crippen LogP contribution in [0.1, 0.15) is 31.8 Å². The number of halogens is 1. The van der Waals surface area contributed by atoms with Crippen LogP contribution in [0.3, 0.4) is 0 Å². The number of carbonyl (C=O) groups excluding carboxylic acids is 2. The van der Waals surface area contributed by atoms with Crippen molar-refractivity contribution in [3.8, 4) is 0 Å². The van der Waals surface area contributed by atoms with Crippen molar-refractivity contribution in [3.05, 3.63) is 70.8 Å². The van der Waals surface area contributed by atoms with Crippen LogP contribution in [0.15, 0.2) is 48.5 Å². The second-order valence-corrected chi connectivity index (χ2v) is 6.59. The molecule has 3 rings (SSSR count). The summed E-state index contributed by atoms with van der Waals surface area (Å²) in [5, 5.41) is 0. The van der Waals surface area contributed by atoms with Crippen molar-refractivity contribution in [1.82, 2.24) is 0 Å². The SMILES string of the molecule is Cc1ccc(C(=O)OC[C@H]2OC[C@@H](F)[C@@H]2OC(=O)c2ccc(C)cc2)cc1. The highest BCUT2D eigenvalue weighted by Gasteiger charge is 2.41. The smallest absolute Gasteiger partial charge is 0.338 e. The van der Waals surface area contributed by atoms with Gasteiger partial charge in [-0.15, -0.1) is 0 Å². The summed E-state index contributed by atoms with van der Waals surface area (Å²) in [4.78, 5) is 24.3. The maximum atomic E-state index is 14.1. The number of benzene rings is 2. The van der Waals surface area contributed by atoms with Crippen molar-refractivity contribution in [1.29, 1.82) is 0 Å². The van der Waals surface area contributed by atoms with Crippen LogP contribution in [0.5, 0.6) is 0 Å². The van der Waals surface area contributed by atoms with Crippen LogP contribution in [-0.2, 0) is 14.2 Å². The zero-order valence-electron chi connectivity index (χ0n) is 15.2. The Labute approximate surface area is 157 Å². The van der Waals surface area contributed by atoms with Gasteiger partial charge in [0.25, 0.3) is 0 Å². The van der Waals surface area contributed by atoms with Gasteiger partial charge in [-0.3, -0.25) is 0 Å². The fourth-order valence-electron chi connectivity index (χ4n) is 2.74. The van der Waals surface area contributed by atoms with E-state index in [0.29, 0.717) is 11.1 Å². The van der Waals surface area contributed by atoms with Gasteiger partial charge >= 0.3 is 11.9 Å². The number of carbonyl (C=O) groups is 2. The molecule has 27 heavy (non-hydrogen) atoms. The fourth-order valence-corrected chi connectivity index (χ4v) is 2.74. The van der Waals surface area contributed by atoms with Crippen molar-refractivity contribution >= 4 is 11.9 Å². The molecule has 0 saturated carbocycles. The molecule has 0 spiro atoms. The Morgan fingerprint density at radius 1 is 0.963 bits per heavy atom. The first-order chi connectivity index (χ1) is 12.9. The summed E-state index contributed by atoms with van der Waals surface area (Å²) in [5.74, 6) is -1.17. The molecule has 0 radical (unpaired) electrons. The van der Waals surface area contributed by atoms with E-state index in [-0.39, 0.29) is 13.2 Å².